The fourth-order valence-electron chi connectivity index (χ4n) is 1.48. The predicted molar refractivity (Wildman–Crippen MR) is 65.6 cm³/mol. The van der Waals surface area contributed by atoms with E-state index in [0.29, 0.717) is 11.0 Å². The van der Waals surface area contributed by atoms with Crippen LogP contribution >= 0.6 is 11.6 Å². The predicted octanol–water partition coefficient (Wildman–Crippen LogP) is 2.99. The quantitative estimate of drug-likeness (QED) is 0.813. The van der Waals surface area contributed by atoms with Crippen molar-refractivity contribution >= 4 is 17.4 Å². The second-order valence-corrected chi connectivity index (χ2v) is 3.69. The van der Waals surface area contributed by atoms with E-state index in [4.69, 9.17) is 22.1 Å². The molecular weight excluding hydrogens is 224 g/mol. The van der Waals surface area contributed by atoms with Gasteiger partial charge in [0.05, 0.1) is 7.11 Å². The van der Waals surface area contributed by atoms with Crippen molar-refractivity contribution in [2.45, 2.75) is 0 Å². The Bertz CT molecular complexity index is 514. The average molecular weight is 235 g/mol. The Morgan fingerprint density at radius 1 is 1.25 bits per heavy atom. The summed E-state index contributed by atoms with van der Waals surface area (Å²) in [7, 11) is 1.63. The third-order valence-electron chi connectivity index (χ3n) is 2.27. The molecule has 0 radical (unpaired) electrons. The van der Waals surface area contributed by atoms with E-state index < -0.39 is 0 Å². The molecule has 0 aliphatic rings. The molecule has 2 aromatic rings. The summed E-state index contributed by atoms with van der Waals surface area (Å²) in [5.41, 5.74) is 7.62. The summed E-state index contributed by atoms with van der Waals surface area (Å²) in [4.78, 5) is 4.01. The highest BCUT2D eigenvalue weighted by molar-refractivity contribution is 6.29. The van der Waals surface area contributed by atoms with Gasteiger partial charge in [0.25, 0.3) is 0 Å². The van der Waals surface area contributed by atoms with E-state index in [1.165, 1.54) is 0 Å². The molecule has 1 aromatic carbocycles. The number of hydrogen-bond donors (Lipinski definition) is 1. The summed E-state index contributed by atoms with van der Waals surface area (Å²) in [5, 5.41) is 0.393. The first kappa shape index (κ1) is 10.8. The number of pyridine rings is 1. The summed E-state index contributed by atoms with van der Waals surface area (Å²) >= 11 is 5.75. The van der Waals surface area contributed by atoms with Gasteiger partial charge in [0.15, 0.2) is 0 Å². The number of nitrogens with zero attached hydrogens (tertiary/aromatic N) is 1. The van der Waals surface area contributed by atoms with Crippen LogP contribution in [-0.4, -0.2) is 12.1 Å². The fourth-order valence-corrected chi connectivity index (χ4v) is 1.64. The lowest BCUT2D eigenvalue weighted by Crippen LogP contribution is -1.94. The monoisotopic (exact) mass is 234 g/mol. The largest absolute Gasteiger partial charge is 0.497 e. The van der Waals surface area contributed by atoms with Crippen LogP contribution in [0.3, 0.4) is 0 Å². The van der Waals surface area contributed by atoms with Crippen molar-refractivity contribution in [1.82, 2.24) is 4.98 Å². The van der Waals surface area contributed by atoms with Crippen molar-refractivity contribution in [3.8, 4) is 16.9 Å². The molecule has 82 valence electrons. The highest BCUT2D eigenvalue weighted by Gasteiger charge is 2.05. The minimum atomic E-state index is 0.393. The van der Waals surface area contributed by atoms with E-state index in [-0.39, 0.29) is 0 Å². The molecule has 4 heteroatoms. The normalized spacial score (nSPS) is 10.1. The average Bonchev–Trinajstić information content (AvgIpc) is 2.29. The van der Waals surface area contributed by atoms with Crippen molar-refractivity contribution in [3.63, 3.8) is 0 Å². The topological polar surface area (TPSA) is 48.1 Å². The van der Waals surface area contributed by atoms with Gasteiger partial charge in [-0.25, -0.2) is 4.98 Å². The Morgan fingerprint density at radius 3 is 2.75 bits per heavy atom. The van der Waals surface area contributed by atoms with Crippen LogP contribution in [0.4, 0.5) is 5.82 Å². The number of nitrogens with two attached hydrogens (primary N) is 1. The molecule has 0 atom stereocenters. The number of nitrogen functional groups attached to an aromatic ring is 1. The van der Waals surface area contributed by atoms with Gasteiger partial charge in [0.2, 0.25) is 0 Å². The van der Waals surface area contributed by atoms with Gasteiger partial charge in [-0.1, -0.05) is 23.7 Å². The number of methoxy groups -OCH3 is 1. The van der Waals surface area contributed by atoms with Gasteiger partial charge >= 0.3 is 0 Å². The Morgan fingerprint density at radius 2 is 2.06 bits per heavy atom. The van der Waals surface area contributed by atoms with E-state index in [0.717, 1.165) is 16.9 Å². The number of benzene rings is 1. The molecule has 3 nitrogen and oxygen atoms in total. The van der Waals surface area contributed by atoms with E-state index >= 15 is 0 Å². The first-order chi connectivity index (χ1) is 7.70. The van der Waals surface area contributed by atoms with Gasteiger partial charge in [0.1, 0.15) is 16.7 Å². The van der Waals surface area contributed by atoms with E-state index in [2.05, 4.69) is 4.98 Å². The Balaban J connectivity index is 2.49. The SMILES string of the molecule is COc1cccc(-c2ccc(Cl)nc2N)c1. The minimum Gasteiger partial charge on any atom is -0.497 e. The number of rotatable bonds is 2. The Kier molecular flexibility index (Phi) is 2.97. The second-order valence-electron chi connectivity index (χ2n) is 3.30. The molecule has 0 bridgehead atoms. The molecular formula is C12H11ClN2O. The molecule has 0 saturated carbocycles. The molecule has 0 amide bonds. The maximum absolute atomic E-state index is 5.81. The van der Waals surface area contributed by atoms with Crippen molar-refractivity contribution in [2.75, 3.05) is 12.8 Å². The molecule has 0 saturated heterocycles. The standard InChI is InChI=1S/C12H11ClN2O/c1-16-9-4-2-3-8(7-9)10-5-6-11(13)15-12(10)14/h2-7H,1H3,(H2,14,15). The zero-order valence-electron chi connectivity index (χ0n) is 8.77. The summed E-state index contributed by atoms with van der Waals surface area (Å²) in [5.74, 6) is 1.20. The van der Waals surface area contributed by atoms with E-state index in [9.17, 15) is 0 Å². The van der Waals surface area contributed by atoms with Gasteiger partial charge in [-0.2, -0.15) is 0 Å². The Labute approximate surface area is 98.8 Å². The third-order valence-corrected chi connectivity index (χ3v) is 2.48. The number of aromatic nitrogens is 1. The summed E-state index contributed by atoms with van der Waals surface area (Å²) in [6.45, 7) is 0. The van der Waals surface area contributed by atoms with Crippen LogP contribution < -0.4 is 10.5 Å². The van der Waals surface area contributed by atoms with Crippen molar-refractivity contribution in [1.29, 1.82) is 0 Å². The lowest BCUT2D eigenvalue weighted by molar-refractivity contribution is 0.415. The molecule has 2 rings (SSSR count). The van der Waals surface area contributed by atoms with Gasteiger partial charge in [0, 0.05) is 5.56 Å². The lowest BCUT2D eigenvalue weighted by Gasteiger charge is -2.07. The zero-order valence-corrected chi connectivity index (χ0v) is 9.53. The number of hydrogen-bond acceptors (Lipinski definition) is 3. The van der Waals surface area contributed by atoms with Crippen LogP contribution in [0.1, 0.15) is 0 Å². The smallest absolute Gasteiger partial charge is 0.133 e. The van der Waals surface area contributed by atoms with Crippen LogP contribution in [0.15, 0.2) is 36.4 Å². The molecule has 1 aromatic heterocycles. The molecule has 0 aliphatic carbocycles. The molecule has 0 unspecified atom stereocenters. The highest BCUT2D eigenvalue weighted by Crippen LogP contribution is 2.28. The lowest BCUT2D eigenvalue weighted by atomic mass is 10.1. The molecule has 1 heterocycles. The number of anilines is 1. The molecule has 0 aliphatic heterocycles. The number of ether oxygens (including phenoxy) is 1. The van der Waals surface area contributed by atoms with Crippen molar-refractivity contribution in [2.24, 2.45) is 0 Å². The highest BCUT2D eigenvalue weighted by atomic mass is 35.5. The molecule has 2 N–H and O–H groups in total. The molecule has 0 fully saturated rings. The zero-order chi connectivity index (χ0) is 11.5. The van der Waals surface area contributed by atoms with Gasteiger partial charge in [-0.15, -0.1) is 0 Å². The first-order valence-corrected chi connectivity index (χ1v) is 5.15. The summed E-state index contributed by atoms with van der Waals surface area (Å²) in [6.07, 6.45) is 0. The summed E-state index contributed by atoms with van der Waals surface area (Å²) in [6, 6.07) is 11.2. The van der Waals surface area contributed by atoms with Gasteiger partial charge in [-0.3, -0.25) is 0 Å². The van der Waals surface area contributed by atoms with Crippen molar-refractivity contribution in [3.05, 3.63) is 41.6 Å². The van der Waals surface area contributed by atoms with Crippen LogP contribution in [0.2, 0.25) is 5.15 Å². The fraction of sp³-hybridized carbons (Fsp3) is 0.0833. The van der Waals surface area contributed by atoms with Gasteiger partial charge in [-0.05, 0) is 29.8 Å². The number of halogens is 1. The van der Waals surface area contributed by atoms with Crippen molar-refractivity contribution < 1.29 is 4.74 Å². The van der Waals surface area contributed by atoms with Crippen LogP contribution in [0.5, 0.6) is 5.75 Å². The molecule has 16 heavy (non-hydrogen) atoms. The van der Waals surface area contributed by atoms with Crippen LogP contribution in [0.25, 0.3) is 11.1 Å². The second kappa shape index (κ2) is 4.41. The van der Waals surface area contributed by atoms with Crippen LogP contribution in [-0.2, 0) is 0 Å². The van der Waals surface area contributed by atoms with E-state index in [1.807, 2.05) is 30.3 Å². The van der Waals surface area contributed by atoms with Crippen LogP contribution in [0, 0.1) is 0 Å². The summed E-state index contributed by atoms with van der Waals surface area (Å²) < 4.78 is 5.15. The first-order valence-electron chi connectivity index (χ1n) is 4.77. The van der Waals surface area contributed by atoms with E-state index in [1.54, 1.807) is 13.2 Å². The van der Waals surface area contributed by atoms with Gasteiger partial charge < -0.3 is 10.5 Å². The molecule has 0 spiro atoms. The maximum atomic E-state index is 5.81. The maximum Gasteiger partial charge on any atom is 0.133 e. The minimum absolute atomic E-state index is 0.393. The third kappa shape index (κ3) is 2.09. The Hall–Kier alpha value is -1.74.